The molecule has 0 bridgehead atoms. The molecule has 0 aliphatic heterocycles. The maximum absolute atomic E-state index is 12.2. The molecule has 0 spiro atoms. The minimum absolute atomic E-state index is 0.0524. The lowest BCUT2D eigenvalue weighted by molar-refractivity contribution is 0.0886. The molecule has 4 nitrogen and oxygen atoms in total. The van der Waals surface area contributed by atoms with Gasteiger partial charge in [0.1, 0.15) is 5.52 Å². The molecule has 0 saturated carbocycles. The van der Waals surface area contributed by atoms with Gasteiger partial charge in [0.05, 0.1) is 5.52 Å². The largest absolute Gasteiger partial charge is 0.273 e. The summed E-state index contributed by atoms with van der Waals surface area (Å²) in [5.41, 5.74) is 1.59. The highest BCUT2D eigenvalue weighted by Gasteiger charge is 2.10. The number of carbonyl (C=O) groups excluding carboxylic acids is 1. The van der Waals surface area contributed by atoms with E-state index >= 15 is 0 Å². The van der Waals surface area contributed by atoms with Gasteiger partial charge >= 0.3 is 0 Å². The molecule has 0 amide bonds. The van der Waals surface area contributed by atoms with E-state index < -0.39 is 0 Å². The fraction of sp³-hybridized carbons (Fsp3) is 0.611. The Bertz CT molecular complexity index is 576. The van der Waals surface area contributed by atoms with Crippen LogP contribution in [0.4, 0.5) is 0 Å². The maximum atomic E-state index is 12.2. The van der Waals surface area contributed by atoms with Crippen molar-refractivity contribution in [1.82, 2.24) is 15.0 Å². The Balaban J connectivity index is 1.62. The van der Waals surface area contributed by atoms with E-state index in [1.165, 1.54) is 49.6 Å². The van der Waals surface area contributed by atoms with Crippen LogP contribution in [0.5, 0.6) is 0 Å². The Hall–Kier alpha value is -1.71. The van der Waals surface area contributed by atoms with Gasteiger partial charge in [-0.1, -0.05) is 75.6 Å². The highest BCUT2D eigenvalue weighted by atomic mass is 16.2. The SMILES string of the molecule is CCCCCCCCCCCC(=O)n1nnc2ccccc21. The first-order valence-electron chi connectivity index (χ1n) is 8.66. The van der Waals surface area contributed by atoms with Gasteiger partial charge in [0, 0.05) is 6.42 Å². The highest BCUT2D eigenvalue weighted by Crippen LogP contribution is 2.13. The zero-order valence-corrected chi connectivity index (χ0v) is 13.6. The Labute approximate surface area is 132 Å². The van der Waals surface area contributed by atoms with E-state index in [4.69, 9.17) is 0 Å². The Morgan fingerprint density at radius 2 is 1.59 bits per heavy atom. The van der Waals surface area contributed by atoms with Crippen LogP contribution in [-0.4, -0.2) is 20.9 Å². The van der Waals surface area contributed by atoms with Gasteiger partial charge in [-0.25, -0.2) is 0 Å². The fourth-order valence-corrected chi connectivity index (χ4v) is 2.75. The van der Waals surface area contributed by atoms with Crippen LogP contribution in [-0.2, 0) is 0 Å². The van der Waals surface area contributed by atoms with E-state index in [0.29, 0.717) is 6.42 Å². The van der Waals surface area contributed by atoms with Crippen LogP contribution in [0.1, 0.15) is 75.9 Å². The van der Waals surface area contributed by atoms with Crippen molar-refractivity contribution < 1.29 is 4.79 Å². The van der Waals surface area contributed by atoms with E-state index in [1.807, 2.05) is 24.3 Å². The van der Waals surface area contributed by atoms with E-state index in [1.54, 1.807) is 0 Å². The number of unbranched alkanes of at least 4 members (excludes halogenated alkanes) is 8. The third-order valence-corrected chi connectivity index (χ3v) is 4.08. The Morgan fingerprint density at radius 1 is 0.955 bits per heavy atom. The van der Waals surface area contributed by atoms with Crippen molar-refractivity contribution in [2.75, 3.05) is 0 Å². The summed E-state index contributed by atoms with van der Waals surface area (Å²) in [6.07, 6.45) is 11.9. The van der Waals surface area contributed by atoms with Crippen LogP contribution in [0.3, 0.4) is 0 Å². The van der Waals surface area contributed by atoms with Gasteiger partial charge in [-0.3, -0.25) is 4.79 Å². The van der Waals surface area contributed by atoms with E-state index in [9.17, 15) is 4.79 Å². The molecule has 2 aromatic rings. The summed E-state index contributed by atoms with van der Waals surface area (Å²) in [6, 6.07) is 7.59. The van der Waals surface area contributed by atoms with Crippen molar-refractivity contribution >= 4 is 16.9 Å². The second-order valence-electron chi connectivity index (χ2n) is 5.96. The first kappa shape index (κ1) is 16.7. The van der Waals surface area contributed by atoms with Crippen LogP contribution >= 0.6 is 0 Å². The van der Waals surface area contributed by atoms with Gasteiger partial charge < -0.3 is 0 Å². The lowest BCUT2D eigenvalue weighted by Crippen LogP contribution is -2.12. The van der Waals surface area contributed by atoms with Crippen molar-refractivity contribution in [3.8, 4) is 0 Å². The number of para-hydroxylation sites is 1. The molecule has 0 atom stereocenters. The average Bonchev–Trinajstić information content (AvgIpc) is 2.97. The van der Waals surface area contributed by atoms with E-state index in [-0.39, 0.29) is 5.91 Å². The normalized spacial score (nSPS) is 11.1. The Morgan fingerprint density at radius 3 is 2.32 bits per heavy atom. The second kappa shape index (κ2) is 9.34. The monoisotopic (exact) mass is 301 g/mol. The second-order valence-corrected chi connectivity index (χ2v) is 5.96. The summed E-state index contributed by atoms with van der Waals surface area (Å²) in [6.45, 7) is 2.25. The minimum atomic E-state index is 0.0524. The Kier molecular flexibility index (Phi) is 7.07. The van der Waals surface area contributed by atoms with E-state index in [2.05, 4.69) is 17.2 Å². The average molecular weight is 301 g/mol. The van der Waals surface area contributed by atoms with Crippen molar-refractivity contribution in [2.24, 2.45) is 0 Å². The number of benzene rings is 1. The van der Waals surface area contributed by atoms with Crippen molar-refractivity contribution in [1.29, 1.82) is 0 Å². The number of carbonyl (C=O) groups is 1. The van der Waals surface area contributed by atoms with Crippen LogP contribution in [0, 0.1) is 0 Å². The molecule has 120 valence electrons. The number of rotatable bonds is 10. The maximum Gasteiger partial charge on any atom is 0.248 e. The van der Waals surface area contributed by atoms with Gasteiger partial charge in [0.2, 0.25) is 5.91 Å². The highest BCUT2D eigenvalue weighted by molar-refractivity contribution is 5.88. The molecule has 1 heterocycles. The van der Waals surface area contributed by atoms with Gasteiger partial charge in [0.25, 0.3) is 0 Å². The third kappa shape index (κ3) is 4.93. The van der Waals surface area contributed by atoms with Gasteiger partial charge in [-0.15, -0.1) is 5.10 Å². The van der Waals surface area contributed by atoms with Crippen molar-refractivity contribution in [3.63, 3.8) is 0 Å². The molecule has 0 saturated heterocycles. The van der Waals surface area contributed by atoms with Crippen LogP contribution in [0.15, 0.2) is 24.3 Å². The molecule has 2 rings (SSSR count). The van der Waals surface area contributed by atoms with Crippen molar-refractivity contribution in [3.05, 3.63) is 24.3 Å². The molecular formula is C18H27N3O. The molecule has 0 aliphatic rings. The summed E-state index contributed by atoms with van der Waals surface area (Å²) in [5, 5.41) is 7.99. The first-order valence-corrected chi connectivity index (χ1v) is 8.66. The van der Waals surface area contributed by atoms with Crippen molar-refractivity contribution in [2.45, 2.75) is 71.1 Å². The fourth-order valence-electron chi connectivity index (χ4n) is 2.75. The molecule has 22 heavy (non-hydrogen) atoms. The molecular weight excluding hydrogens is 274 g/mol. The summed E-state index contributed by atoms with van der Waals surface area (Å²) in [5.74, 6) is 0.0524. The summed E-state index contributed by atoms with van der Waals surface area (Å²) < 4.78 is 1.44. The lowest BCUT2D eigenvalue weighted by Gasteiger charge is -2.03. The smallest absolute Gasteiger partial charge is 0.248 e. The number of hydrogen-bond acceptors (Lipinski definition) is 3. The first-order chi connectivity index (χ1) is 10.8. The topological polar surface area (TPSA) is 47.8 Å². The zero-order valence-electron chi connectivity index (χ0n) is 13.6. The third-order valence-electron chi connectivity index (χ3n) is 4.08. The number of nitrogens with zero attached hydrogens (tertiary/aromatic N) is 3. The van der Waals surface area contributed by atoms with Gasteiger partial charge in [0.15, 0.2) is 0 Å². The summed E-state index contributed by atoms with van der Waals surface area (Å²) in [7, 11) is 0. The van der Waals surface area contributed by atoms with Crippen LogP contribution < -0.4 is 0 Å². The van der Waals surface area contributed by atoms with Crippen LogP contribution in [0.2, 0.25) is 0 Å². The summed E-state index contributed by atoms with van der Waals surface area (Å²) in [4.78, 5) is 12.2. The predicted octanol–water partition coefficient (Wildman–Crippen LogP) is 4.99. The molecule has 0 N–H and O–H groups in total. The molecule has 1 aromatic carbocycles. The zero-order chi connectivity index (χ0) is 15.6. The summed E-state index contributed by atoms with van der Waals surface area (Å²) >= 11 is 0. The number of aromatic nitrogens is 3. The predicted molar refractivity (Wildman–Crippen MR) is 90.0 cm³/mol. The van der Waals surface area contributed by atoms with Crippen LogP contribution in [0.25, 0.3) is 11.0 Å². The number of fused-ring (bicyclic) bond motifs is 1. The standard InChI is InChI=1S/C18H27N3O/c1-2-3-4-5-6-7-8-9-10-15-18(22)21-17-14-12-11-13-16(17)19-20-21/h11-14H,2-10,15H2,1H3. The van der Waals surface area contributed by atoms with Gasteiger partial charge in [-0.2, -0.15) is 4.68 Å². The lowest BCUT2D eigenvalue weighted by atomic mass is 10.1. The molecule has 0 aliphatic carbocycles. The van der Waals surface area contributed by atoms with E-state index in [0.717, 1.165) is 23.9 Å². The molecule has 0 unspecified atom stereocenters. The minimum Gasteiger partial charge on any atom is -0.273 e. The molecule has 0 fully saturated rings. The molecule has 1 aromatic heterocycles. The quantitative estimate of drug-likeness (QED) is 0.581. The molecule has 0 radical (unpaired) electrons. The molecule has 4 heteroatoms. The number of hydrogen-bond donors (Lipinski definition) is 0. The van der Waals surface area contributed by atoms with Gasteiger partial charge in [-0.05, 0) is 18.6 Å².